The largest absolute Gasteiger partial charge is 0.444 e. The van der Waals surface area contributed by atoms with Crippen molar-refractivity contribution in [3.05, 3.63) is 83.7 Å². The van der Waals surface area contributed by atoms with Crippen molar-refractivity contribution in [1.82, 2.24) is 55.0 Å². The first-order chi connectivity index (χ1) is 42.9. The van der Waals surface area contributed by atoms with Crippen LogP contribution in [0.25, 0.3) is 22.1 Å². The standard InChI is InChI=1S/C34H46N10O4.C29H38N10O2/c1-22-15-29(44-20-26(28(21-44)46-6)39-33(45)48-34(3,4)5)40-32(38-22)42-13-11-41(12-14-42)18-25-19-43(17-23(2)47-25)27-8-7-24(16-35)30-31(27)37-10-9-36-30;1-19-12-26(39-17-23(31)25(18-39)40-3)35-29(34-19)37-10-8-36(9-11-37)15-22-16-38(14-20(2)41-22)24-5-4-21(13-30)27-28(24)33-7-6-32-27/h7-10,15,23,25-26,28H,11-14,17-21H2,1-6H3,(H,39,45);4-7,12,20,22-23,25H,8-11,14-18,31H2,1-3H3/t23-,25+,26+,28+;20-,22+,23+,25+/m11/s1. The van der Waals surface area contributed by atoms with Crippen molar-refractivity contribution < 1.29 is 28.5 Å². The number of carbonyl (C=O) groups excluding carboxylic acids is 1. The molecule has 12 rings (SSSR count). The summed E-state index contributed by atoms with van der Waals surface area (Å²) >= 11 is 0. The Balaban J connectivity index is 0.000000186. The van der Waals surface area contributed by atoms with Crippen molar-refractivity contribution in [3.8, 4) is 12.1 Å². The van der Waals surface area contributed by atoms with E-state index >= 15 is 0 Å². The number of piperazine rings is 2. The molecule has 2 aromatic carbocycles. The SMILES string of the molecule is CO[C@H]1CN(c2cc(C)nc(N3CCN(C[C@H]4CN(c5ccc(C#N)c6nccnc56)C[C@@H](C)O4)CC3)n2)C[C@@H]1N.CO[C@H]1CN(c2cc(C)nc(N3CCN(C[C@H]4CN(c5ccc(C#N)c6nccnc56)C[C@@H](C)O4)CC3)n2)C[C@@H]1NC(=O)OC(C)(C)C. The maximum Gasteiger partial charge on any atom is 0.408 e. The van der Waals surface area contributed by atoms with Crippen molar-refractivity contribution in [2.24, 2.45) is 5.73 Å². The van der Waals surface area contributed by atoms with Gasteiger partial charge in [0.25, 0.3) is 0 Å². The molecule has 26 heteroatoms. The highest BCUT2D eigenvalue weighted by Crippen LogP contribution is 2.32. The molecule has 0 spiro atoms. The van der Waals surface area contributed by atoms with Crippen LogP contribution in [0.15, 0.2) is 61.2 Å². The van der Waals surface area contributed by atoms with Crippen LogP contribution in [-0.4, -0.2) is 242 Å². The average molecular weight is 1220 g/mol. The summed E-state index contributed by atoms with van der Waals surface area (Å²) in [4.78, 5) is 68.4. The first-order valence-electron chi connectivity index (χ1n) is 31.0. The molecule has 6 fully saturated rings. The summed E-state index contributed by atoms with van der Waals surface area (Å²) in [6.07, 6.45) is 6.21. The molecule has 6 aliphatic heterocycles. The summed E-state index contributed by atoms with van der Waals surface area (Å²) < 4.78 is 29.5. The first-order valence-corrected chi connectivity index (χ1v) is 31.0. The highest BCUT2D eigenvalue weighted by Gasteiger charge is 2.38. The van der Waals surface area contributed by atoms with Crippen molar-refractivity contribution in [2.75, 3.05) is 161 Å². The third-order valence-electron chi connectivity index (χ3n) is 17.2. The van der Waals surface area contributed by atoms with Gasteiger partial charge >= 0.3 is 6.09 Å². The zero-order chi connectivity index (χ0) is 62.5. The highest BCUT2D eigenvalue weighted by atomic mass is 16.6. The molecule has 6 saturated heterocycles. The summed E-state index contributed by atoms with van der Waals surface area (Å²) in [6.45, 7) is 27.9. The lowest BCUT2D eigenvalue weighted by molar-refractivity contribution is -0.0329. The van der Waals surface area contributed by atoms with Gasteiger partial charge in [-0.2, -0.15) is 20.5 Å². The van der Waals surface area contributed by atoms with E-state index in [0.29, 0.717) is 41.2 Å². The van der Waals surface area contributed by atoms with Crippen molar-refractivity contribution in [2.45, 2.75) is 103 Å². The molecule has 26 nitrogen and oxygen atoms in total. The van der Waals surface area contributed by atoms with Crippen LogP contribution in [0, 0.1) is 36.5 Å². The number of nitriles is 2. The number of nitrogens with two attached hydrogens (primary N) is 1. The van der Waals surface area contributed by atoms with Crippen molar-refractivity contribution in [3.63, 3.8) is 0 Å². The van der Waals surface area contributed by atoms with Crippen LogP contribution < -0.4 is 40.4 Å². The fraction of sp³-hybridized carbons (Fsp3) is 0.571. The molecule has 6 aromatic rings. The number of alkyl carbamates (subject to hydrolysis) is 1. The van der Waals surface area contributed by atoms with Gasteiger partial charge in [0.1, 0.15) is 51.4 Å². The number of nitrogens with zero attached hydrogens (tertiary/aromatic N) is 18. The molecule has 0 aliphatic carbocycles. The van der Waals surface area contributed by atoms with E-state index < -0.39 is 11.7 Å². The number of hydrogen-bond acceptors (Lipinski definition) is 25. The number of carbonyl (C=O) groups is 1. The Hall–Kier alpha value is -7.95. The number of ether oxygens (including phenoxy) is 5. The maximum atomic E-state index is 12.5. The van der Waals surface area contributed by atoms with Gasteiger partial charge < -0.3 is 64.1 Å². The summed E-state index contributed by atoms with van der Waals surface area (Å²) in [5.74, 6) is 3.22. The summed E-state index contributed by atoms with van der Waals surface area (Å²) in [6, 6.07) is 15.9. The van der Waals surface area contributed by atoms with E-state index in [1.165, 1.54) is 0 Å². The molecule has 0 unspecified atom stereocenters. The van der Waals surface area contributed by atoms with Gasteiger partial charge in [-0.25, -0.2) is 14.8 Å². The van der Waals surface area contributed by atoms with Gasteiger partial charge in [-0.3, -0.25) is 29.7 Å². The molecule has 8 atom stereocenters. The summed E-state index contributed by atoms with van der Waals surface area (Å²) in [5, 5.41) is 22.1. The van der Waals surface area contributed by atoms with Gasteiger partial charge in [-0.05, 0) is 72.7 Å². The fourth-order valence-corrected chi connectivity index (χ4v) is 13.0. The molecule has 0 bridgehead atoms. The average Bonchev–Trinajstić information content (AvgIpc) is 2.57. The predicted octanol–water partition coefficient (Wildman–Crippen LogP) is 3.92. The number of methoxy groups -OCH3 is 2. The molecule has 89 heavy (non-hydrogen) atoms. The summed E-state index contributed by atoms with van der Waals surface area (Å²) in [7, 11) is 3.37. The predicted molar refractivity (Wildman–Crippen MR) is 340 cm³/mol. The zero-order valence-electron chi connectivity index (χ0n) is 52.7. The molecular weight excluding hydrogens is 1130 g/mol. The van der Waals surface area contributed by atoms with Crippen LogP contribution in [0.4, 0.5) is 39.7 Å². The van der Waals surface area contributed by atoms with Crippen molar-refractivity contribution >= 4 is 63.1 Å². The third-order valence-corrected chi connectivity index (χ3v) is 17.2. The number of hydrogen-bond donors (Lipinski definition) is 2. The highest BCUT2D eigenvalue weighted by molar-refractivity contribution is 5.93. The van der Waals surface area contributed by atoms with E-state index in [4.69, 9.17) is 49.4 Å². The molecule has 4 aromatic heterocycles. The molecule has 0 saturated carbocycles. The maximum absolute atomic E-state index is 12.5. The quantitative estimate of drug-likeness (QED) is 0.166. The molecule has 472 valence electrons. The Kier molecular flexibility index (Phi) is 19.3. The monoisotopic (exact) mass is 1220 g/mol. The minimum absolute atomic E-state index is 0.0153. The number of rotatable bonds is 13. The molecule has 1 amide bonds. The van der Waals surface area contributed by atoms with Gasteiger partial charge in [0.05, 0.1) is 71.2 Å². The number of morpholine rings is 2. The number of fused-ring (bicyclic) bond motifs is 2. The normalized spacial score (nSPS) is 24.6. The Morgan fingerprint density at radius 2 is 1.02 bits per heavy atom. The van der Waals surface area contributed by atoms with Gasteiger partial charge in [-0.1, -0.05) is 0 Å². The van der Waals surface area contributed by atoms with E-state index in [1.807, 2.05) is 71.0 Å². The topological polar surface area (TPSA) is 278 Å². The lowest BCUT2D eigenvalue weighted by Gasteiger charge is -2.42. The lowest BCUT2D eigenvalue weighted by atomic mass is 10.1. The van der Waals surface area contributed by atoms with Gasteiger partial charge in [0.15, 0.2) is 0 Å². The molecule has 10 heterocycles. The van der Waals surface area contributed by atoms with Crippen LogP contribution in [0.3, 0.4) is 0 Å². The third kappa shape index (κ3) is 14.9. The van der Waals surface area contributed by atoms with E-state index in [0.717, 1.165) is 156 Å². The van der Waals surface area contributed by atoms with Crippen LogP contribution in [-0.2, 0) is 23.7 Å². The fourth-order valence-electron chi connectivity index (χ4n) is 13.0. The lowest BCUT2D eigenvalue weighted by Crippen LogP contribution is -2.54. The molecule has 6 aliphatic rings. The second-order valence-electron chi connectivity index (χ2n) is 25.1. The number of aromatic nitrogens is 8. The van der Waals surface area contributed by atoms with Gasteiger partial charge in [0.2, 0.25) is 11.9 Å². The smallest absolute Gasteiger partial charge is 0.408 e. The van der Waals surface area contributed by atoms with Gasteiger partial charge in [-0.15, -0.1) is 0 Å². The minimum atomic E-state index is -0.576. The van der Waals surface area contributed by atoms with Crippen LogP contribution in [0.1, 0.15) is 57.1 Å². The summed E-state index contributed by atoms with van der Waals surface area (Å²) in [5.41, 5.74) is 13.4. The Morgan fingerprint density at radius 1 is 0.584 bits per heavy atom. The Morgan fingerprint density at radius 3 is 1.45 bits per heavy atom. The molecule has 0 radical (unpaired) electrons. The minimum Gasteiger partial charge on any atom is -0.444 e. The van der Waals surface area contributed by atoms with E-state index in [9.17, 15) is 15.3 Å². The van der Waals surface area contributed by atoms with E-state index in [1.54, 1.807) is 39.0 Å². The molecule has 3 N–H and O–H groups in total. The first kappa shape index (κ1) is 62.6. The van der Waals surface area contributed by atoms with Crippen molar-refractivity contribution in [1.29, 1.82) is 10.5 Å². The number of aryl methyl sites for hydroxylation is 2. The van der Waals surface area contributed by atoms with Crippen LogP contribution in [0.5, 0.6) is 0 Å². The number of benzene rings is 2. The van der Waals surface area contributed by atoms with Gasteiger partial charge in [0, 0.05) is 180 Å². The van der Waals surface area contributed by atoms with E-state index in [2.05, 4.69) is 90.4 Å². The Labute approximate surface area is 520 Å². The van der Waals surface area contributed by atoms with Crippen LogP contribution >= 0.6 is 0 Å². The Bertz CT molecular complexity index is 3530. The van der Waals surface area contributed by atoms with E-state index in [-0.39, 0.29) is 48.7 Å². The number of amides is 1. The second kappa shape index (κ2) is 27.4. The zero-order valence-corrected chi connectivity index (χ0v) is 52.7. The second-order valence-corrected chi connectivity index (χ2v) is 25.1. The number of anilines is 6. The number of nitrogens with one attached hydrogen (secondary N) is 1. The molecular formula is C63H84N20O6. The van der Waals surface area contributed by atoms with Crippen LogP contribution in [0.2, 0.25) is 0 Å².